The molecule has 0 bridgehead atoms. The lowest BCUT2D eigenvalue weighted by atomic mass is 10.1. The number of pyridine rings is 2. The van der Waals surface area contributed by atoms with Crippen LogP contribution in [0.15, 0.2) is 47.3 Å². The van der Waals surface area contributed by atoms with Crippen LogP contribution >= 0.6 is 0 Å². The van der Waals surface area contributed by atoms with Crippen molar-refractivity contribution in [3.05, 3.63) is 64.2 Å². The van der Waals surface area contributed by atoms with Crippen LogP contribution in [0.1, 0.15) is 11.3 Å². The number of H-pyrrole nitrogens is 2. The molecule has 0 saturated carbocycles. The predicted molar refractivity (Wildman–Crippen MR) is 85.7 cm³/mol. The van der Waals surface area contributed by atoms with Crippen LogP contribution < -0.4 is 11.4 Å². The monoisotopic (exact) mass is 291 g/mol. The third-order valence-corrected chi connectivity index (χ3v) is 3.62. The van der Waals surface area contributed by atoms with Crippen LogP contribution in [-0.2, 0) is 6.42 Å². The van der Waals surface area contributed by atoms with Crippen molar-refractivity contribution in [2.24, 2.45) is 0 Å². The Hall–Kier alpha value is -3.15. The second-order valence-corrected chi connectivity index (χ2v) is 5.16. The van der Waals surface area contributed by atoms with E-state index in [0.717, 1.165) is 12.1 Å². The molecule has 3 heterocycles. The maximum atomic E-state index is 11.5. The molecule has 0 fully saturated rings. The van der Waals surface area contributed by atoms with E-state index in [-0.39, 0.29) is 5.69 Å². The normalized spacial score (nSPS) is 11.3. The summed E-state index contributed by atoms with van der Waals surface area (Å²) in [6, 6.07) is 13.9. The van der Waals surface area contributed by atoms with E-state index >= 15 is 0 Å². The zero-order chi connectivity index (χ0) is 15.1. The fourth-order valence-electron chi connectivity index (χ4n) is 2.61. The molecule has 3 aromatic heterocycles. The fourth-order valence-corrected chi connectivity index (χ4v) is 2.61. The molecule has 0 unspecified atom stereocenters. The third-order valence-electron chi connectivity index (χ3n) is 3.62. The van der Waals surface area contributed by atoms with E-state index in [4.69, 9.17) is 5.73 Å². The highest BCUT2D eigenvalue weighted by molar-refractivity contribution is 6.03. The number of nitrogens with two attached hydrogens (primary N) is 1. The number of rotatable bonds is 2. The Kier molecular flexibility index (Phi) is 2.69. The van der Waals surface area contributed by atoms with Gasteiger partial charge in [0.25, 0.3) is 0 Å². The molecule has 108 valence electrons. The van der Waals surface area contributed by atoms with Gasteiger partial charge in [0, 0.05) is 12.1 Å². The average molecular weight is 291 g/mol. The zero-order valence-electron chi connectivity index (χ0n) is 11.6. The van der Waals surface area contributed by atoms with Crippen molar-refractivity contribution in [3.8, 4) is 0 Å². The number of aromatic nitrogens is 4. The number of nitrogen functional groups attached to an aromatic ring is 1. The number of aromatic amines is 2. The summed E-state index contributed by atoms with van der Waals surface area (Å²) in [5.74, 6) is 0.290. The van der Waals surface area contributed by atoms with Crippen LogP contribution in [0.25, 0.3) is 22.1 Å². The maximum absolute atomic E-state index is 11.5. The van der Waals surface area contributed by atoms with E-state index in [0.29, 0.717) is 27.9 Å². The van der Waals surface area contributed by atoms with E-state index in [2.05, 4.69) is 32.1 Å². The van der Waals surface area contributed by atoms with Gasteiger partial charge in [0.15, 0.2) is 0 Å². The summed E-state index contributed by atoms with van der Waals surface area (Å²) in [5.41, 5.74) is 10.1. The quantitative estimate of drug-likeness (QED) is 0.525. The van der Waals surface area contributed by atoms with E-state index in [9.17, 15) is 4.79 Å². The molecular formula is C16H13N5O. The van der Waals surface area contributed by atoms with Crippen LogP contribution in [0.5, 0.6) is 0 Å². The van der Waals surface area contributed by atoms with Gasteiger partial charge in [-0.15, -0.1) is 0 Å². The second kappa shape index (κ2) is 4.70. The van der Waals surface area contributed by atoms with E-state index in [1.807, 2.05) is 30.3 Å². The molecule has 0 aliphatic rings. The molecule has 22 heavy (non-hydrogen) atoms. The highest BCUT2D eigenvalue weighted by atomic mass is 16.1. The minimum absolute atomic E-state index is 0.290. The first kappa shape index (κ1) is 12.6. The SMILES string of the molecule is Nc1nc2ccc(Cc3ccccc3)nc2c2[nH]c(=O)[nH]c12. The summed E-state index contributed by atoms with van der Waals surface area (Å²) >= 11 is 0. The summed E-state index contributed by atoms with van der Waals surface area (Å²) in [4.78, 5) is 25.9. The Morgan fingerprint density at radius 2 is 1.73 bits per heavy atom. The first-order chi connectivity index (χ1) is 10.7. The average Bonchev–Trinajstić information content (AvgIpc) is 2.92. The van der Waals surface area contributed by atoms with E-state index < -0.39 is 0 Å². The van der Waals surface area contributed by atoms with Crippen LogP contribution in [0.2, 0.25) is 0 Å². The number of fused-ring (bicyclic) bond motifs is 3. The van der Waals surface area contributed by atoms with Gasteiger partial charge in [-0.3, -0.25) is 0 Å². The number of anilines is 1. The van der Waals surface area contributed by atoms with Crippen LogP contribution in [0.3, 0.4) is 0 Å². The highest BCUT2D eigenvalue weighted by Crippen LogP contribution is 2.23. The van der Waals surface area contributed by atoms with Gasteiger partial charge in [-0.05, 0) is 17.7 Å². The molecule has 6 heteroatoms. The molecule has 4 N–H and O–H groups in total. The van der Waals surface area contributed by atoms with Crippen molar-refractivity contribution in [3.63, 3.8) is 0 Å². The summed E-state index contributed by atoms with van der Waals surface area (Å²) in [6.45, 7) is 0. The molecule has 4 rings (SSSR count). The molecule has 6 nitrogen and oxygen atoms in total. The highest BCUT2D eigenvalue weighted by Gasteiger charge is 2.11. The molecule has 0 aliphatic carbocycles. The Bertz CT molecular complexity index is 1030. The van der Waals surface area contributed by atoms with Crippen LogP contribution in [-0.4, -0.2) is 19.9 Å². The van der Waals surface area contributed by atoms with Crippen molar-refractivity contribution in [2.75, 3.05) is 5.73 Å². The number of nitrogens with one attached hydrogen (secondary N) is 2. The second-order valence-electron chi connectivity index (χ2n) is 5.16. The van der Waals surface area contributed by atoms with Gasteiger partial charge in [0.05, 0.1) is 11.0 Å². The number of imidazole rings is 1. The molecule has 0 atom stereocenters. The van der Waals surface area contributed by atoms with Gasteiger partial charge in [0.2, 0.25) is 0 Å². The summed E-state index contributed by atoms with van der Waals surface area (Å²) in [7, 11) is 0. The van der Waals surface area contributed by atoms with Gasteiger partial charge in [-0.2, -0.15) is 0 Å². The maximum Gasteiger partial charge on any atom is 0.323 e. The zero-order valence-corrected chi connectivity index (χ0v) is 11.6. The van der Waals surface area contributed by atoms with Crippen molar-refractivity contribution >= 4 is 27.9 Å². The summed E-state index contributed by atoms with van der Waals surface area (Å²) in [6.07, 6.45) is 0.720. The van der Waals surface area contributed by atoms with Crippen molar-refractivity contribution in [1.82, 2.24) is 19.9 Å². The number of nitrogens with zero attached hydrogens (tertiary/aromatic N) is 2. The van der Waals surface area contributed by atoms with E-state index in [1.54, 1.807) is 0 Å². The largest absolute Gasteiger partial charge is 0.382 e. The third kappa shape index (κ3) is 2.01. The number of hydrogen-bond acceptors (Lipinski definition) is 4. The Morgan fingerprint density at radius 3 is 2.55 bits per heavy atom. The van der Waals surface area contributed by atoms with Gasteiger partial charge in [0.1, 0.15) is 16.9 Å². The Labute approximate surface area is 125 Å². The van der Waals surface area contributed by atoms with Gasteiger partial charge in [-0.25, -0.2) is 14.8 Å². The molecule has 0 radical (unpaired) electrons. The smallest absolute Gasteiger partial charge is 0.323 e. The molecule has 0 spiro atoms. The summed E-state index contributed by atoms with van der Waals surface area (Å²) < 4.78 is 0. The van der Waals surface area contributed by atoms with Crippen molar-refractivity contribution < 1.29 is 0 Å². The lowest BCUT2D eigenvalue weighted by Crippen LogP contribution is -1.99. The molecule has 4 aromatic rings. The first-order valence-electron chi connectivity index (χ1n) is 6.92. The van der Waals surface area contributed by atoms with Gasteiger partial charge < -0.3 is 15.7 Å². The fraction of sp³-hybridized carbons (Fsp3) is 0.0625. The lowest BCUT2D eigenvalue weighted by Gasteiger charge is -2.05. The molecular weight excluding hydrogens is 278 g/mol. The number of hydrogen-bond donors (Lipinski definition) is 3. The Balaban J connectivity index is 1.91. The molecule has 0 amide bonds. The standard InChI is InChI=1S/C16H13N5O/c17-15-14-13(20-16(22)21-14)12-11(19-15)7-6-10(18-12)8-9-4-2-1-3-5-9/h1-7H,8H2,(H2,17,19)(H2,20,21,22). The number of benzene rings is 1. The van der Waals surface area contributed by atoms with Crippen LogP contribution in [0.4, 0.5) is 5.82 Å². The van der Waals surface area contributed by atoms with Crippen LogP contribution in [0, 0.1) is 0 Å². The van der Waals surface area contributed by atoms with Gasteiger partial charge >= 0.3 is 5.69 Å². The lowest BCUT2D eigenvalue weighted by molar-refractivity contribution is 1.10. The minimum atomic E-state index is -0.314. The van der Waals surface area contributed by atoms with Crippen molar-refractivity contribution in [1.29, 1.82) is 0 Å². The minimum Gasteiger partial charge on any atom is -0.382 e. The molecule has 1 aromatic carbocycles. The predicted octanol–water partition coefficient (Wildman–Crippen LogP) is 1.97. The topological polar surface area (TPSA) is 100 Å². The summed E-state index contributed by atoms with van der Waals surface area (Å²) in [5, 5.41) is 0. The molecule has 0 saturated heterocycles. The van der Waals surface area contributed by atoms with Crippen molar-refractivity contribution in [2.45, 2.75) is 6.42 Å². The Morgan fingerprint density at radius 1 is 0.955 bits per heavy atom. The molecule has 0 aliphatic heterocycles. The first-order valence-corrected chi connectivity index (χ1v) is 6.92. The van der Waals surface area contributed by atoms with E-state index in [1.165, 1.54) is 5.56 Å². The van der Waals surface area contributed by atoms with Gasteiger partial charge in [-0.1, -0.05) is 30.3 Å².